The van der Waals surface area contributed by atoms with Crippen molar-refractivity contribution in [2.75, 3.05) is 51.3 Å². The van der Waals surface area contributed by atoms with Crippen molar-refractivity contribution >= 4 is 55.0 Å². The van der Waals surface area contributed by atoms with Gasteiger partial charge in [-0.25, -0.2) is 13.4 Å². The van der Waals surface area contributed by atoms with Gasteiger partial charge in [0.1, 0.15) is 13.2 Å². The van der Waals surface area contributed by atoms with Gasteiger partial charge in [0, 0.05) is 44.4 Å². The van der Waals surface area contributed by atoms with Gasteiger partial charge in [0.25, 0.3) is 5.91 Å². The number of hydrogen-bond donors (Lipinski definition) is 0. The van der Waals surface area contributed by atoms with Crippen LogP contribution in [0.15, 0.2) is 71.6 Å². The molecule has 1 aliphatic rings. The number of nitrogens with zero attached hydrogens (tertiary/aromatic N) is 4. The SMILES string of the molecule is CCN(CC)CCN(C(=O)c1ccc(S(=O)(=O)N(C)Cc2ccccc2)cc1)c1nc2cc3c(cc2s1)OCCO3.Cl. The first-order valence-electron chi connectivity index (χ1n) is 13.6. The molecule has 1 amide bonds. The van der Waals surface area contributed by atoms with Crippen molar-refractivity contribution in [3.8, 4) is 11.5 Å². The predicted octanol–water partition coefficient (Wildman–Crippen LogP) is 5.30. The van der Waals surface area contributed by atoms with E-state index in [9.17, 15) is 13.2 Å². The van der Waals surface area contributed by atoms with Crippen LogP contribution < -0.4 is 14.4 Å². The molecule has 1 aromatic heterocycles. The Morgan fingerprint density at radius 1 is 0.929 bits per heavy atom. The quantitative estimate of drug-likeness (QED) is 0.222. The lowest BCUT2D eigenvalue weighted by Gasteiger charge is -2.25. The molecule has 0 saturated heterocycles. The Labute approximate surface area is 257 Å². The highest BCUT2D eigenvalue weighted by Crippen LogP contribution is 2.39. The topological polar surface area (TPSA) is 92.3 Å². The second-order valence-corrected chi connectivity index (χ2v) is 12.8. The van der Waals surface area contributed by atoms with E-state index in [1.165, 1.54) is 27.8 Å². The molecule has 0 unspecified atom stereocenters. The van der Waals surface area contributed by atoms with Crippen molar-refractivity contribution in [3.63, 3.8) is 0 Å². The summed E-state index contributed by atoms with van der Waals surface area (Å²) in [6.45, 7) is 8.24. The first kappa shape index (κ1) is 31.7. The van der Waals surface area contributed by atoms with Crippen molar-refractivity contribution in [2.24, 2.45) is 0 Å². The molecule has 0 radical (unpaired) electrons. The third kappa shape index (κ3) is 6.87. The van der Waals surface area contributed by atoms with Crippen molar-refractivity contribution in [3.05, 3.63) is 77.9 Å². The number of halogens is 1. The molecule has 3 aromatic carbocycles. The van der Waals surface area contributed by atoms with E-state index in [1.54, 1.807) is 24.1 Å². The van der Waals surface area contributed by atoms with Crippen LogP contribution in [-0.2, 0) is 16.6 Å². The maximum absolute atomic E-state index is 13.9. The maximum atomic E-state index is 13.9. The van der Waals surface area contributed by atoms with Crippen LogP contribution in [0.1, 0.15) is 29.8 Å². The number of carbonyl (C=O) groups is 1. The first-order chi connectivity index (χ1) is 19.8. The van der Waals surface area contributed by atoms with Gasteiger partial charge in [-0.15, -0.1) is 12.4 Å². The number of ether oxygens (including phenoxy) is 2. The van der Waals surface area contributed by atoms with Crippen LogP contribution in [0, 0.1) is 0 Å². The van der Waals surface area contributed by atoms with Crippen LogP contribution in [-0.4, -0.2) is 75.0 Å². The van der Waals surface area contributed by atoms with Crippen molar-refractivity contribution < 1.29 is 22.7 Å². The lowest BCUT2D eigenvalue weighted by Crippen LogP contribution is -2.38. The molecular formula is C30H35ClN4O5S2. The van der Waals surface area contributed by atoms with Gasteiger partial charge in [-0.2, -0.15) is 4.31 Å². The monoisotopic (exact) mass is 630 g/mol. The van der Waals surface area contributed by atoms with Crippen LogP contribution >= 0.6 is 23.7 Å². The predicted molar refractivity (Wildman–Crippen MR) is 169 cm³/mol. The molecule has 9 nitrogen and oxygen atoms in total. The highest BCUT2D eigenvalue weighted by molar-refractivity contribution is 7.89. The summed E-state index contributed by atoms with van der Waals surface area (Å²) < 4.78 is 40.1. The van der Waals surface area contributed by atoms with E-state index in [1.807, 2.05) is 42.5 Å². The molecule has 42 heavy (non-hydrogen) atoms. The molecule has 0 aliphatic carbocycles. The fraction of sp³-hybridized carbons (Fsp3) is 0.333. The van der Waals surface area contributed by atoms with E-state index in [-0.39, 0.29) is 29.8 Å². The number of benzene rings is 3. The minimum atomic E-state index is -3.74. The number of rotatable bonds is 11. The zero-order valence-corrected chi connectivity index (χ0v) is 26.3. The van der Waals surface area contributed by atoms with Gasteiger partial charge in [0.15, 0.2) is 16.6 Å². The van der Waals surface area contributed by atoms with Gasteiger partial charge in [-0.3, -0.25) is 9.69 Å². The van der Waals surface area contributed by atoms with Gasteiger partial charge < -0.3 is 14.4 Å². The fourth-order valence-electron chi connectivity index (χ4n) is 4.66. The van der Waals surface area contributed by atoms with Crippen LogP contribution in [0.4, 0.5) is 5.13 Å². The standard InChI is InChI=1S/C30H34N4O5S2.ClH/c1-4-33(5-2)15-16-34(30-31-25-19-26-27(20-28(25)40-30)39-18-17-38-26)29(35)23-11-13-24(14-12-23)41(36,37)32(3)21-22-9-7-6-8-10-22;/h6-14,19-20H,4-5,15-18,21H2,1-3H3;1H. The molecule has 0 bridgehead atoms. The van der Waals surface area contributed by atoms with Crippen LogP contribution in [0.25, 0.3) is 10.2 Å². The molecule has 0 fully saturated rings. The van der Waals surface area contributed by atoms with Gasteiger partial charge in [0.05, 0.1) is 15.1 Å². The van der Waals surface area contributed by atoms with E-state index in [0.717, 1.165) is 28.9 Å². The summed E-state index contributed by atoms with van der Waals surface area (Å²) in [5, 5.41) is 0.568. The molecule has 0 saturated carbocycles. The molecule has 1 aliphatic heterocycles. The van der Waals surface area contributed by atoms with E-state index in [4.69, 9.17) is 14.5 Å². The van der Waals surface area contributed by atoms with E-state index >= 15 is 0 Å². The zero-order valence-electron chi connectivity index (χ0n) is 23.9. The third-order valence-electron chi connectivity index (χ3n) is 7.11. The van der Waals surface area contributed by atoms with Crippen molar-refractivity contribution in [1.82, 2.24) is 14.2 Å². The molecule has 224 valence electrons. The Kier molecular flexibility index (Phi) is 10.4. The lowest BCUT2D eigenvalue weighted by molar-refractivity contribution is 0.0983. The molecule has 0 spiro atoms. The number of sulfonamides is 1. The molecule has 2 heterocycles. The molecular weight excluding hydrogens is 596 g/mol. The zero-order chi connectivity index (χ0) is 29.0. The van der Waals surface area contributed by atoms with Gasteiger partial charge >= 0.3 is 0 Å². The minimum Gasteiger partial charge on any atom is -0.486 e. The van der Waals surface area contributed by atoms with Crippen LogP contribution in [0.5, 0.6) is 11.5 Å². The molecule has 12 heteroatoms. The smallest absolute Gasteiger partial charge is 0.260 e. The average molecular weight is 631 g/mol. The van der Waals surface area contributed by atoms with Crippen molar-refractivity contribution in [1.29, 1.82) is 0 Å². The highest BCUT2D eigenvalue weighted by atomic mass is 35.5. The normalized spacial score (nSPS) is 12.9. The summed E-state index contributed by atoms with van der Waals surface area (Å²) in [5.74, 6) is 1.08. The van der Waals surface area contributed by atoms with E-state index < -0.39 is 10.0 Å². The summed E-state index contributed by atoms with van der Waals surface area (Å²) in [6.07, 6.45) is 0. The Balaban J connectivity index is 0.00000405. The van der Waals surface area contributed by atoms with E-state index in [2.05, 4.69) is 18.7 Å². The number of fused-ring (bicyclic) bond motifs is 2. The van der Waals surface area contributed by atoms with Crippen LogP contribution in [0.3, 0.4) is 0 Å². The second-order valence-electron chi connectivity index (χ2n) is 9.71. The summed E-state index contributed by atoms with van der Waals surface area (Å²) in [4.78, 5) is 22.7. The summed E-state index contributed by atoms with van der Waals surface area (Å²) in [7, 11) is -2.19. The summed E-state index contributed by atoms with van der Waals surface area (Å²) >= 11 is 1.42. The number of likely N-dealkylation sites (N-methyl/N-ethyl adjacent to an activating group) is 1. The fourth-order valence-corrected chi connectivity index (χ4v) is 6.82. The number of aromatic nitrogens is 1. The maximum Gasteiger partial charge on any atom is 0.260 e. The number of thiazole rings is 1. The Morgan fingerprint density at radius 2 is 1.57 bits per heavy atom. The highest BCUT2D eigenvalue weighted by Gasteiger charge is 2.25. The summed E-state index contributed by atoms with van der Waals surface area (Å²) in [6, 6.07) is 19.3. The van der Waals surface area contributed by atoms with Gasteiger partial charge in [0.2, 0.25) is 10.0 Å². The molecule has 0 atom stereocenters. The van der Waals surface area contributed by atoms with Gasteiger partial charge in [-0.1, -0.05) is 55.5 Å². The molecule has 4 aromatic rings. The van der Waals surface area contributed by atoms with Gasteiger partial charge in [-0.05, 0) is 42.9 Å². The Bertz CT molecular complexity index is 1570. The molecule has 5 rings (SSSR count). The summed E-state index contributed by atoms with van der Waals surface area (Å²) in [5.41, 5.74) is 2.02. The minimum absolute atomic E-state index is 0. The second kappa shape index (κ2) is 13.8. The Hall–Kier alpha value is -3.22. The first-order valence-corrected chi connectivity index (χ1v) is 15.9. The largest absolute Gasteiger partial charge is 0.486 e. The molecule has 0 N–H and O–H groups in total. The number of carbonyl (C=O) groups excluding carboxylic acids is 1. The third-order valence-corrected chi connectivity index (χ3v) is 9.97. The Morgan fingerprint density at radius 3 is 2.21 bits per heavy atom. The number of hydrogen-bond acceptors (Lipinski definition) is 8. The average Bonchev–Trinajstić information content (AvgIpc) is 3.40. The number of anilines is 1. The van der Waals surface area contributed by atoms with Crippen molar-refractivity contribution in [2.45, 2.75) is 25.3 Å². The van der Waals surface area contributed by atoms with E-state index in [0.29, 0.717) is 48.5 Å². The lowest BCUT2D eigenvalue weighted by atomic mass is 10.2. The van der Waals surface area contributed by atoms with Crippen LogP contribution in [0.2, 0.25) is 0 Å². The number of amides is 1.